The fourth-order valence-electron chi connectivity index (χ4n) is 2.40. The number of sulfone groups is 1. The summed E-state index contributed by atoms with van der Waals surface area (Å²) in [6, 6.07) is 8.06. The fraction of sp³-hybridized carbons (Fsp3) is 0.625. The third-order valence-electron chi connectivity index (χ3n) is 3.88. The maximum absolute atomic E-state index is 12.1. The molecule has 1 aromatic rings. The smallest absolute Gasteiger partial charge is 0.154 e. The van der Waals surface area contributed by atoms with E-state index in [1.165, 1.54) is 11.8 Å². The van der Waals surface area contributed by atoms with Crippen LogP contribution >= 0.6 is 0 Å². The molecule has 1 rings (SSSR count). The van der Waals surface area contributed by atoms with Crippen molar-refractivity contribution < 1.29 is 8.42 Å². The van der Waals surface area contributed by atoms with Gasteiger partial charge in [0, 0.05) is 6.26 Å². The Morgan fingerprint density at radius 1 is 1.25 bits per heavy atom. The van der Waals surface area contributed by atoms with E-state index in [-0.39, 0.29) is 6.04 Å². The number of hydrogen-bond acceptors (Lipinski definition) is 3. The van der Waals surface area contributed by atoms with Crippen LogP contribution in [0, 0.1) is 0 Å². The summed E-state index contributed by atoms with van der Waals surface area (Å²) in [6.07, 6.45) is 3.42. The molecule has 0 saturated heterocycles. The quantitative estimate of drug-likeness (QED) is 0.841. The van der Waals surface area contributed by atoms with Gasteiger partial charge in [0.15, 0.2) is 9.84 Å². The van der Waals surface area contributed by atoms with Crippen molar-refractivity contribution in [2.75, 3.05) is 12.8 Å². The molecule has 0 aliphatic rings. The van der Waals surface area contributed by atoms with Crippen LogP contribution in [0.25, 0.3) is 0 Å². The highest BCUT2D eigenvalue weighted by molar-refractivity contribution is 7.92. The second kappa shape index (κ2) is 6.72. The molecule has 1 unspecified atom stereocenters. The minimum Gasteiger partial charge on any atom is -0.309 e. The van der Waals surface area contributed by atoms with Crippen molar-refractivity contribution in [3.05, 3.63) is 35.4 Å². The molecule has 0 amide bonds. The summed E-state index contributed by atoms with van der Waals surface area (Å²) in [5.41, 5.74) is 2.31. The van der Waals surface area contributed by atoms with Crippen LogP contribution in [0.4, 0.5) is 0 Å². The molecule has 0 aromatic heterocycles. The van der Waals surface area contributed by atoms with Gasteiger partial charge in [-0.05, 0) is 37.9 Å². The lowest BCUT2D eigenvalue weighted by Crippen LogP contribution is -2.45. The van der Waals surface area contributed by atoms with Gasteiger partial charge in [-0.25, -0.2) is 8.42 Å². The Kier molecular flexibility index (Phi) is 5.78. The standard InChI is InChI=1S/C16H27NO2S/c1-6-9-13-10-8-11-14(12-13)15(17-7-2)16(3,4)20(5,18)19/h8,10-12,15,17H,6-7,9H2,1-5H3. The predicted octanol–water partition coefficient (Wildman–Crippen LogP) is 3.11. The minimum absolute atomic E-state index is 0.195. The van der Waals surface area contributed by atoms with Gasteiger partial charge in [-0.3, -0.25) is 0 Å². The molecular formula is C16H27NO2S. The lowest BCUT2D eigenvalue weighted by molar-refractivity contribution is 0.428. The third kappa shape index (κ3) is 3.83. The summed E-state index contributed by atoms with van der Waals surface area (Å²) in [7, 11) is -3.16. The monoisotopic (exact) mass is 297 g/mol. The van der Waals surface area contributed by atoms with Crippen LogP contribution in [0.5, 0.6) is 0 Å². The van der Waals surface area contributed by atoms with Crippen LogP contribution in [0.1, 0.15) is 51.3 Å². The largest absolute Gasteiger partial charge is 0.309 e. The Morgan fingerprint density at radius 3 is 2.40 bits per heavy atom. The molecule has 0 aliphatic heterocycles. The average Bonchev–Trinajstić information content (AvgIpc) is 2.35. The molecule has 3 nitrogen and oxygen atoms in total. The second-order valence-electron chi connectivity index (χ2n) is 5.86. The second-order valence-corrected chi connectivity index (χ2v) is 8.46. The molecule has 0 fully saturated rings. The number of rotatable bonds is 7. The SMILES string of the molecule is CCCc1cccc(C(NCC)C(C)(C)S(C)(=O)=O)c1. The zero-order valence-electron chi connectivity index (χ0n) is 13.2. The maximum atomic E-state index is 12.1. The summed E-state index contributed by atoms with van der Waals surface area (Å²) in [5, 5.41) is 3.34. The molecule has 1 aromatic carbocycles. The number of hydrogen-bond donors (Lipinski definition) is 1. The third-order valence-corrected chi connectivity index (χ3v) is 6.03. The maximum Gasteiger partial charge on any atom is 0.154 e. The first-order valence-electron chi connectivity index (χ1n) is 7.25. The highest BCUT2D eigenvalue weighted by Crippen LogP contribution is 2.32. The molecule has 1 N–H and O–H groups in total. The van der Waals surface area contributed by atoms with E-state index in [1.54, 1.807) is 13.8 Å². The van der Waals surface area contributed by atoms with E-state index in [2.05, 4.69) is 24.4 Å². The summed E-state index contributed by atoms with van der Waals surface area (Å²) in [6.45, 7) is 8.47. The van der Waals surface area contributed by atoms with Gasteiger partial charge in [0.05, 0.1) is 10.8 Å². The van der Waals surface area contributed by atoms with Crippen molar-refractivity contribution in [2.45, 2.75) is 51.3 Å². The lowest BCUT2D eigenvalue weighted by atomic mass is 9.93. The molecule has 0 saturated carbocycles. The number of benzene rings is 1. The minimum atomic E-state index is -3.16. The zero-order chi connectivity index (χ0) is 15.4. The molecule has 0 spiro atoms. The Balaban J connectivity index is 3.24. The highest BCUT2D eigenvalue weighted by atomic mass is 32.2. The number of nitrogens with one attached hydrogen (secondary N) is 1. The molecule has 0 bridgehead atoms. The molecule has 0 aliphatic carbocycles. The summed E-state index contributed by atoms with van der Waals surface area (Å²) < 4.78 is 23.4. The first-order chi connectivity index (χ1) is 9.24. The van der Waals surface area contributed by atoms with E-state index in [9.17, 15) is 8.42 Å². The normalized spacial score (nSPS) is 14.2. The molecule has 1 atom stereocenters. The summed E-state index contributed by atoms with van der Waals surface area (Å²) in [5.74, 6) is 0. The first-order valence-corrected chi connectivity index (χ1v) is 9.15. The Labute approximate surface area is 123 Å². The van der Waals surface area contributed by atoms with E-state index in [1.807, 2.05) is 19.1 Å². The van der Waals surface area contributed by atoms with Gasteiger partial charge in [-0.2, -0.15) is 0 Å². The molecule has 0 heterocycles. The Hall–Kier alpha value is -0.870. The van der Waals surface area contributed by atoms with Crippen molar-refractivity contribution in [1.29, 1.82) is 0 Å². The molecule has 4 heteroatoms. The van der Waals surface area contributed by atoms with Crippen molar-refractivity contribution in [3.8, 4) is 0 Å². The van der Waals surface area contributed by atoms with Gasteiger partial charge >= 0.3 is 0 Å². The lowest BCUT2D eigenvalue weighted by Gasteiger charge is -2.34. The first kappa shape index (κ1) is 17.2. The van der Waals surface area contributed by atoms with Gasteiger partial charge < -0.3 is 5.32 Å². The van der Waals surface area contributed by atoms with Crippen molar-refractivity contribution in [2.24, 2.45) is 0 Å². The van der Waals surface area contributed by atoms with Crippen LogP contribution in [0.15, 0.2) is 24.3 Å². The van der Waals surface area contributed by atoms with E-state index >= 15 is 0 Å². The number of aryl methyl sites for hydroxylation is 1. The van der Waals surface area contributed by atoms with Gasteiger partial charge in [0.1, 0.15) is 0 Å². The van der Waals surface area contributed by atoms with Crippen LogP contribution < -0.4 is 5.32 Å². The van der Waals surface area contributed by atoms with Crippen molar-refractivity contribution >= 4 is 9.84 Å². The Bertz CT molecular complexity index is 535. The highest BCUT2D eigenvalue weighted by Gasteiger charge is 2.39. The predicted molar refractivity (Wildman–Crippen MR) is 85.8 cm³/mol. The Morgan fingerprint density at radius 2 is 1.90 bits per heavy atom. The molecule has 20 heavy (non-hydrogen) atoms. The zero-order valence-corrected chi connectivity index (χ0v) is 14.0. The fourth-order valence-corrected chi connectivity index (χ4v) is 3.05. The van der Waals surface area contributed by atoms with Crippen molar-refractivity contribution in [3.63, 3.8) is 0 Å². The van der Waals surface area contributed by atoms with Crippen molar-refractivity contribution in [1.82, 2.24) is 5.32 Å². The van der Waals surface area contributed by atoms with Crippen LogP contribution in [-0.2, 0) is 16.3 Å². The van der Waals surface area contributed by atoms with E-state index in [4.69, 9.17) is 0 Å². The van der Waals surface area contributed by atoms with Gasteiger partial charge in [-0.1, -0.05) is 44.5 Å². The van der Waals surface area contributed by atoms with E-state index in [0.717, 1.165) is 24.9 Å². The average molecular weight is 297 g/mol. The summed E-state index contributed by atoms with van der Waals surface area (Å²) >= 11 is 0. The topological polar surface area (TPSA) is 46.2 Å². The van der Waals surface area contributed by atoms with E-state index in [0.29, 0.717) is 0 Å². The van der Waals surface area contributed by atoms with Crippen LogP contribution in [0.2, 0.25) is 0 Å². The van der Waals surface area contributed by atoms with Crippen LogP contribution in [-0.4, -0.2) is 26.0 Å². The molecule has 114 valence electrons. The van der Waals surface area contributed by atoms with Gasteiger partial charge in [-0.15, -0.1) is 0 Å². The van der Waals surface area contributed by atoms with E-state index < -0.39 is 14.6 Å². The molecule has 0 radical (unpaired) electrons. The van der Waals surface area contributed by atoms with Gasteiger partial charge in [0.25, 0.3) is 0 Å². The van der Waals surface area contributed by atoms with Gasteiger partial charge in [0.2, 0.25) is 0 Å². The molecular weight excluding hydrogens is 270 g/mol. The van der Waals surface area contributed by atoms with Crippen LogP contribution in [0.3, 0.4) is 0 Å². The summed E-state index contributed by atoms with van der Waals surface area (Å²) in [4.78, 5) is 0.